The fourth-order valence-corrected chi connectivity index (χ4v) is 1.63. The van der Waals surface area contributed by atoms with Gasteiger partial charge in [-0.1, -0.05) is 0 Å². The Morgan fingerprint density at radius 1 is 1.38 bits per heavy atom. The highest BCUT2D eigenvalue weighted by molar-refractivity contribution is 9.10. The van der Waals surface area contributed by atoms with E-state index in [1.54, 1.807) is 23.3 Å². The Balaban J connectivity index is 2.53. The van der Waals surface area contributed by atoms with Crippen LogP contribution in [0, 0.1) is 0 Å². The van der Waals surface area contributed by atoms with Crippen molar-refractivity contribution in [3.8, 4) is 11.4 Å². The molecule has 4 nitrogen and oxygen atoms in total. The molecule has 0 N–H and O–H groups in total. The van der Waals surface area contributed by atoms with Gasteiger partial charge in [-0.05, 0) is 15.9 Å². The predicted molar refractivity (Wildman–Crippen MR) is 51.9 cm³/mol. The normalized spacial score (nSPS) is 10.3. The number of rotatable bonds is 1. The molecule has 0 aliphatic rings. The molecule has 0 atom stereocenters. The van der Waals surface area contributed by atoms with Gasteiger partial charge in [0.25, 0.3) is 0 Å². The Kier molecular flexibility index (Phi) is 2.10. The molecule has 2 heterocycles. The molecule has 0 spiro atoms. The van der Waals surface area contributed by atoms with E-state index in [1.807, 2.05) is 13.2 Å². The van der Waals surface area contributed by atoms with Gasteiger partial charge >= 0.3 is 0 Å². The summed E-state index contributed by atoms with van der Waals surface area (Å²) < 4.78 is 2.66. The molecule has 0 unspecified atom stereocenters. The van der Waals surface area contributed by atoms with Crippen LogP contribution in [0.15, 0.2) is 29.3 Å². The maximum Gasteiger partial charge on any atom is 0.126 e. The summed E-state index contributed by atoms with van der Waals surface area (Å²) in [5.74, 6) is 0. The first-order chi connectivity index (χ1) is 6.27. The van der Waals surface area contributed by atoms with Gasteiger partial charge in [-0.15, -0.1) is 0 Å². The summed E-state index contributed by atoms with van der Waals surface area (Å²) in [6, 6.07) is 0. The predicted octanol–water partition coefficient (Wildman–Crippen LogP) is 1.64. The third-order valence-electron chi connectivity index (χ3n) is 1.59. The largest absolute Gasteiger partial charge is 0.274 e. The van der Waals surface area contributed by atoms with Gasteiger partial charge in [-0.25, -0.2) is 0 Å². The first kappa shape index (κ1) is 8.37. The van der Waals surface area contributed by atoms with E-state index in [1.165, 1.54) is 0 Å². The van der Waals surface area contributed by atoms with Crippen LogP contribution < -0.4 is 0 Å². The number of hydrogen-bond acceptors (Lipinski definition) is 3. The van der Waals surface area contributed by atoms with Crippen LogP contribution in [-0.2, 0) is 7.05 Å². The van der Waals surface area contributed by atoms with Crippen LogP contribution in [-0.4, -0.2) is 19.7 Å². The van der Waals surface area contributed by atoms with E-state index < -0.39 is 0 Å². The van der Waals surface area contributed by atoms with Crippen LogP contribution in [0.25, 0.3) is 11.4 Å². The van der Waals surface area contributed by atoms with Gasteiger partial charge in [0.05, 0.1) is 10.7 Å². The Morgan fingerprint density at radius 3 is 2.77 bits per heavy atom. The van der Waals surface area contributed by atoms with Crippen LogP contribution >= 0.6 is 15.9 Å². The fraction of sp³-hybridized carbons (Fsp3) is 0.125. The van der Waals surface area contributed by atoms with Gasteiger partial charge < -0.3 is 0 Å². The minimum Gasteiger partial charge on any atom is -0.274 e. The van der Waals surface area contributed by atoms with Crippen molar-refractivity contribution in [2.24, 2.45) is 7.05 Å². The molecule has 2 rings (SSSR count). The summed E-state index contributed by atoms with van der Waals surface area (Å²) in [4.78, 5) is 8.13. The molecule has 0 saturated carbocycles. The van der Waals surface area contributed by atoms with Gasteiger partial charge in [0.2, 0.25) is 0 Å². The molecule has 0 fully saturated rings. The van der Waals surface area contributed by atoms with Gasteiger partial charge in [0.15, 0.2) is 0 Å². The molecular formula is C8H7BrN4. The lowest BCUT2D eigenvalue weighted by Gasteiger charge is -1.93. The van der Waals surface area contributed by atoms with Gasteiger partial charge in [0.1, 0.15) is 11.4 Å². The lowest BCUT2D eigenvalue weighted by atomic mass is 10.3. The van der Waals surface area contributed by atoms with Crippen molar-refractivity contribution >= 4 is 15.9 Å². The highest BCUT2D eigenvalue weighted by atomic mass is 79.9. The van der Waals surface area contributed by atoms with E-state index in [4.69, 9.17) is 0 Å². The monoisotopic (exact) mass is 238 g/mol. The molecule has 0 bridgehead atoms. The lowest BCUT2D eigenvalue weighted by Crippen LogP contribution is -1.89. The number of aromatic nitrogens is 4. The number of nitrogens with zero attached hydrogens (tertiary/aromatic N) is 4. The molecule has 2 aromatic rings. The van der Waals surface area contributed by atoms with Crippen molar-refractivity contribution in [2.45, 2.75) is 0 Å². The number of halogens is 1. The lowest BCUT2D eigenvalue weighted by molar-refractivity contribution is 0.769. The van der Waals surface area contributed by atoms with Crippen LogP contribution in [0.4, 0.5) is 0 Å². The average molecular weight is 239 g/mol. The van der Waals surface area contributed by atoms with Crippen molar-refractivity contribution in [1.82, 2.24) is 19.7 Å². The summed E-state index contributed by atoms with van der Waals surface area (Å²) in [6.45, 7) is 0. The number of aryl methyl sites for hydroxylation is 1. The zero-order valence-corrected chi connectivity index (χ0v) is 8.56. The molecule has 5 heteroatoms. The quantitative estimate of drug-likeness (QED) is 0.759. The van der Waals surface area contributed by atoms with Crippen molar-refractivity contribution in [3.05, 3.63) is 29.3 Å². The molecule has 66 valence electrons. The fourth-order valence-electron chi connectivity index (χ4n) is 1.05. The van der Waals surface area contributed by atoms with Crippen molar-refractivity contribution in [2.75, 3.05) is 0 Å². The van der Waals surface area contributed by atoms with E-state index in [0.717, 1.165) is 15.9 Å². The Bertz CT molecular complexity index is 409. The maximum atomic E-state index is 4.25. The molecule has 0 amide bonds. The molecule has 0 saturated heterocycles. The third-order valence-corrected chi connectivity index (χ3v) is 2.17. The SMILES string of the molecule is Cn1cc(Br)c(-c2cnccn2)n1. The van der Waals surface area contributed by atoms with Crippen LogP contribution in [0.5, 0.6) is 0 Å². The van der Waals surface area contributed by atoms with Gasteiger partial charge in [0, 0.05) is 25.6 Å². The average Bonchev–Trinajstić information content (AvgIpc) is 2.47. The van der Waals surface area contributed by atoms with Crippen molar-refractivity contribution in [3.63, 3.8) is 0 Å². The van der Waals surface area contributed by atoms with E-state index in [0.29, 0.717) is 0 Å². The molecule has 0 radical (unpaired) electrons. The first-order valence-electron chi connectivity index (χ1n) is 3.73. The topological polar surface area (TPSA) is 43.6 Å². The van der Waals surface area contributed by atoms with Crippen LogP contribution in [0.2, 0.25) is 0 Å². The minimum absolute atomic E-state index is 0.773. The summed E-state index contributed by atoms with van der Waals surface area (Å²) >= 11 is 3.40. The Hall–Kier alpha value is -1.23. The highest BCUT2D eigenvalue weighted by Crippen LogP contribution is 2.23. The first-order valence-corrected chi connectivity index (χ1v) is 4.52. The van der Waals surface area contributed by atoms with Gasteiger partial charge in [-0.2, -0.15) is 5.10 Å². The molecule has 13 heavy (non-hydrogen) atoms. The smallest absolute Gasteiger partial charge is 0.126 e. The second-order valence-corrected chi connectivity index (χ2v) is 3.44. The summed E-state index contributed by atoms with van der Waals surface area (Å²) in [5.41, 5.74) is 1.59. The summed E-state index contributed by atoms with van der Waals surface area (Å²) in [5, 5.41) is 4.25. The molecular weight excluding hydrogens is 232 g/mol. The molecule has 0 aliphatic carbocycles. The van der Waals surface area contributed by atoms with Gasteiger partial charge in [-0.3, -0.25) is 14.6 Å². The summed E-state index contributed by atoms with van der Waals surface area (Å²) in [7, 11) is 1.87. The standard InChI is InChI=1S/C8H7BrN4/c1-13-5-6(9)8(12-13)7-4-10-2-3-11-7/h2-5H,1H3. The third kappa shape index (κ3) is 1.60. The zero-order chi connectivity index (χ0) is 9.26. The van der Waals surface area contributed by atoms with E-state index in [2.05, 4.69) is 31.0 Å². The van der Waals surface area contributed by atoms with Crippen molar-refractivity contribution < 1.29 is 0 Å². The zero-order valence-electron chi connectivity index (χ0n) is 6.98. The van der Waals surface area contributed by atoms with Crippen molar-refractivity contribution in [1.29, 1.82) is 0 Å². The molecule has 0 aliphatic heterocycles. The van der Waals surface area contributed by atoms with E-state index in [-0.39, 0.29) is 0 Å². The summed E-state index contributed by atoms with van der Waals surface area (Å²) in [6.07, 6.45) is 6.86. The highest BCUT2D eigenvalue weighted by Gasteiger charge is 2.07. The minimum atomic E-state index is 0.773. The van der Waals surface area contributed by atoms with E-state index in [9.17, 15) is 0 Å². The second-order valence-electron chi connectivity index (χ2n) is 2.59. The Morgan fingerprint density at radius 2 is 2.23 bits per heavy atom. The maximum absolute atomic E-state index is 4.25. The van der Waals surface area contributed by atoms with Crippen LogP contribution in [0.1, 0.15) is 0 Å². The van der Waals surface area contributed by atoms with E-state index >= 15 is 0 Å². The Labute approximate surface area is 83.8 Å². The molecule has 2 aromatic heterocycles. The second kappa shape index (κ2) is 3.26. The molecule has 0 aromatic carbocycles. The van der Waals surface area contributed by atoms with Crippen LogP contribution in [0.3, 0.4) is 0 Å². The number of hydrogen-bond donors (Lipinski definition) is 0.